The summed E-state index contributed by atoms with van der Waals surface area (Å²) in [4.78, 5) is 42.0. The number of anilines is 1. The Bertz CT molecular complexity index is 1360. The predicted octanol–water partition coefficient (Wildman–Crippen LogP) is 2.71. The molecule has 0 spiro atoms. The highest BCUT2D eigenvalue weighted by Crippen LogP contribution is 2.17. The fraction of sp³-hybridized carbons (Fsp3) is 0.174. The molecule has 0 aliphatic rings. The second-order valence-electron chi connectivity index (χ2n) is 7.08. The number of nitrogens with zero attached hydrogens (tertiary/aromatic N) is 4. The summed E-state index contributed by atoms with van der Waals surface area (Å²) in [6, 6.07) is 16.0. The van der Waals surface area contributed by atoms with E-state index in [9.17, 15) is 14.4 Å². The number of esters is 1. The van der Waals surface area contributed by atoms with Crippen LogP contribution in [0.4, 0.5) is 5.69 Å². The van der Waals surface area contributed by atoms with Gasteiger partial charge >= 0.3 is 5.97 Å². The molecule has 0 aliphatic heterocycles. The number of benzene rings is 2. The Kier molecular flexibility index (Phi) is 5.80. The minimum atomic E-state index is -0.543. The Morgan fingerprint density at radius 2 is 1.78 bits per heavy atom. The van der Waals surface area contributed by atoms with Gasteiger partial charge in [0.2, 0.25) is 5.91 Å². The number of amides is 1. The zero-order valence-corrected chi connectivity index (χ0v) is 17.6. The average Bonchev–Trinajstić information content (AvgIpc) is 3.23. The molecule has 0 unspecified atom stereocenters. The molecule has 1 amide bonds. The van der Waals surface area contributed by atoms with Crippen LogP contribution in [-0.4, -0.2) is 38.3 Å². The van der Waals surface area contributed by atoms with Gasteiger partial charge in [-0.25, -0.2) is 14.5 Å². The van der Waals surface area contributed by atoms with Gasteiger partial charge in [-0.15, -0.1) is 0 Å². The van der Waals surface area contributed by atoms with Gasteiger partial charge in [0.15, 0.2) is 5.65 Å². The first-order chi connectivity index (χ1) is 15.5. The van der Waals surface area contributed by atoms with E-state index in [1.165, 1.54) is 17.9 Å². The molecule has 2 aromatic heterocycles. The molecule has 0 saturated heterocycles. The lowest BCUT2D eigenvalue weighted by Crippen LogP contribution is -2.26. The molecule has 162 valence electrons. The largest absolute Gasteiger partial charge is 0.465 e. The van der Waals surface area contributed by atoms with Crippen LogP contribution in [0.2, 0.25) is 0 Å². The summed E-state index contributed by atoms with van der Waals surface area (Å²) < 4.78 is 7.81. The number of aryl methyl sites for hydroxylation is 1. The van der Waals surface area contributed by atoms with E-state index in [0.717, 1.165) is 5.69 Å². The first kappa shape index (κ1) is 21.0. The van der Waals surface area contributed by atoms with E-state index >= 15 is 0 Å². The van der Waals surface area contributed by atoms with Crippen molar-refractivity contribution in [3.63, 3.8) is 0 Å². The van der Waals surface area contributed by atoms with Crippen molar-refractivity contribution in [2.24, 2.45) is 0 Å². The lowest BCUT2D eigenvalue weighted by molar-refractivity contribution is -0.116. The van der Waals surface area contributed by atoms with Gasteiger partial charge in [-0.1, -0.05) is 30.3 Å². The van der Waals surface area contributed by atoms with Gasteiger partial charge in [0.25, 0.3) is 5.56 Å². The van der Waals surface area contributed by atoms with Crippen LogP contribution in [-0.2, 0) is 16.1 Å². The first-order valence-corrected chi connectivity index (χ1v) is 9.97. The summed E-state index contributed by atoms with van der Waals surface area (Å²) in [6.07, 6.45) is 1.51. The van der Waals surface area contributed by atoms with Crippen molar-refractivity contribution in [3.8, 4) is 5.69 Å². The monoisotopic (exact) mass is 431 g/mol. The van der Waals surface area contributed by atoms with E-state index in [1.807, 2.05) is 30.3 Å². The number of para-hydroxylation sites is 2. The Balaban J connectivity index is 1.55. The molecule has 4 aromatic rings. The van der Waals surface area contributed by atoms with E-state index < -0.39 is 5.97 Å². The van der Waals surface area contributed by atoms with Crippen LogP contribution in [0, 0.1) is 6.92 Å². The highest BCUT2D eigenvalue weighted by molar-refractivity contribution is 6.01. The number of methoxy groups -OCH3 is 1. The molecule has 0 radical (unpaired) electrons. The zero-order chi connectivity index (χ0) is 22.7. The highest BCUT2D eigenvalue weighted by atomic mass is 16.5. The Morgan fingerprint density at radius 1 is 1.06 bits per heavy atom. The molecule has 0 fully saturated rings. The number of carbonyl (C=O) groups excluding carboxylic acids is 2. The quantitative estimate of drug-likeness (QED) is 0.470. The minimum absolute atomic E-state index is 0.0241. The third kappa shape index (κ3) is 4.00. The number of hydrogen-bond acceptors (Lipinski definition) is 6. The van der Waals surface area contributed by atoms with Crippen LogP contribution < -0.4 is 10.9 Å². The van der Waals surface area contributed by atoms with Crippen LogP contribution in [0.1, 0.15) is 22.6 Å². The fourth-order valence-electron chi connectivity index (χ4n) is 3.43. The minimum Gasteiger partial charge on any atom is -0.465 e. The number of nitrogens with one attached hydrogen (secondary N) is 1. The first-order valence-electron chi connectivity index (χ1n) is 9.97. The third-order valence-electron chi connectivity index (χ3n) is 5.05. The number of fused-ring (bicyclic) bond motifs is 1. The van der Waals surface area contributed by atoms with Gasteiger partial charge in [-0.05, 0) is 31.2 Å². The van der Waals surface area contributed by atoms with Crippen LogP contribution in [0.15, 0.2) is 65.6 Å². The summed E-state index contributed by atoms with van der Waals surface area (Å²) in [7, 11) is 1.28. The number of ether oxygens (including phenoxy) is 1. The predicted molar refractivity (Wildman–Crippen MR) is 119 cm³/mol. The lowest BCUT2D eigenvalue weighted by Gasteiger charge is -2.12. The van der Waals surface area contributed by atoms with Crippen LogP contribution in [0.25, 0.3) is 16.7 Å². The summed E-state index contributed by atoms with van der Waals surface area (Å²) in [5.74, 6) is -0.409. The van der Waals surface area contributed by atoms with Crippen molar-refractivity contribution in [2.75, 3.05) is 12.4 Å². The summed E-state index contributed by atoms with van der Waals surface area (Å²) in [5, 5.41) is 7.39. The van der Waals surface area contributed by atoms with Crippen LogP contribution in [0.3, 0.4) is 0 Å². The number of carbonyl (C=O) groups is 2. The Hall–Kier alpha value is -4.27. The molecule has 9 nitrogen and oxygen atoms in total. The number of hydrogen-bond donors (Lipinski definition) is 1. The van der Waals surface area contributed by atoms with Crippen molar-refractivity contribution < 1.29 is 14.3 Å². The molecule has 0 atom stereocenters. The zero-order valence-electron chi connectivity index (χ0n) is 17.6. The van der Waals surface area contributed by atoms with E-state index in [0.29, 0.717) is 22.5 Å². The summed E-state index contributed by atoms with van der Waals surface area (Å²) in [6.45, 7) is 1.85. The van der Waals surface area contributed by atoms with Crippen LogP contribution in [0.5, 0.6) is 0 Å². The van der Waals surface area contributed by atoms with Gasteiger partial charge in [0, 0.05) is 13.0 Å². The molecular weight excluding hydrogens is 410 g/mol. The van der Waals surface area contributed by atoms with E-state index in [2.05, 4.69) is 15.4 Å². The smallest absolute Gasteiger partial charge is 0.339 e. The van der Waals surface area contributed by atoms with Crippen LogP contribution >= 0.6 is 0 Å². The molecule has 0 bridgehead atoms. The Labute approximate surface area is 183 Å². The molecule has 0 saturated carbocycles. The van der Waals surface area contributed by atoms with Gasteiger partial charge in [-0.2, -0.15) is 5.10 Å². The Morgan fingerprint density at radius 3 is 2.53 bits per heavy atom. The van der Waals surface area contributed by atoms with Crippen molar-refractivity contribution >= 4 is 28.6 Å². The molecule has 9 heteroatoms. The molecule has 2 heterocycles. The van der Waals surface area contributed by atoms with E-state index in [4.69, 9.17) is 4.74 Å². The van der Waals surface area contributed by atoms with Crippen molar-refractivity contribution in [1.29, 1.82) is 0 Å². The third-order valence-corrected chi connectivity index (χ3v) is 5.05. The molecule has 32 heavy (non-hydrogen) atoms. The standard InChI is InChI=1S/C23H21N5O4/c1-15-25-21-18(14-24-28(21)16-8-4-3-5-9-16)22(30)27(15)13-12-20(29)26-19-11-7-6-10-17(19)23(31)32-2/h3-11,14H,12-13H2,1-2H3,(H,26,29). The maximum Gasteiger partial charge on any atom is 0.339 e. The average molecular weight is 431 g/mol. The normalized spacial score (nSPS) is 10.8. The van der Waals surface area contributed by atoms with E-state index in [1.54, 1.807) is 35.9 Å². The maximum absolute atomic E-state index is 13.0. The van der Waals surface area contributed by atoms with E-state index in [-0.39, 0.29) is 30.0 Å². The van der Waals surface area contributed by atoms with Gasteiger partial charge in [0.1, 0.15) is 11.2 Å². The highest BCUT2D eigenvalue weighted by Gasteiger charge is 2.16. The number of aromatic nitrogens is 4. The SMILES string of the molecule is COC(=O)c1ccccc1NC(=O)CCn1c(C)nc2c(cnn2-c2ccccc2)c1=O. The molecule has 1 N–H and O–H groups in total. The summed E-state index contributed by atoms with van der Waals surface area (Å²) in [5.41, 5.74) is 1.61. The number of rotatable bonds is 6. The second-order valence-corrected chi connectivity index (χ2v) is 7.08. The fourth-order valence-corrected chi connectivity index (χ4v) is 3.43. The molecule has 2 aromatic carbocycles. The second kappa shape index (κ2) is 8.84. The lowest BCUT2D eigenvalue weighted by atomic mass is 10.1. The topological polar surface area (TPSA) is 108 Å². The van der Waals surface area contributed by atoms with Crippen molar-refractivity contribution in [2.45, 2.75) is 19.9 Å². The maximum atomic E-state index is 13.0. The molecular formula is C23H21N5O4. The van der Waals surface area contributed by atoms with Gasteiger partial charge in [-0.3, -0.25) is 14.2 Å². The molecule has 0 aliphatic carbocycles. The van der Waals surface area contributed by atoms with Crippen molar-refractivity contribution in [3.05, 3.63) is 82.5 Å². The summed E-state index contributed by atoms with van der Waals surface area (Å²) >= 11 is 0. The molecule has 4 rings (SSSR count). The van der Waals surface area contributed by atoms with Gasteiger partial charge in [0.05, 0.1) is 30.2 Å². The van der Waals surface area contributed by atoms with Crippen molar-refractivity contribution in [1.82, 2.24) is 19.3 Å². The van der Waals surface area contributed by atoms with Gasteiger partial charge < -0.3 is 10.1 Å².